The first-order valence-corrected chi connectivity index (χ1v) is 14.9. The molecule has 0 amide bonds. The molecular weight excluding hydrogens is 596 g/mol. The second-order valence-electron chi connectivity index (χ2n) is 10.6. The van der Waals surface area contributed by atoms with Crippen LogP contribution in [0.1, 0.15) is 22.3 Å². The Labute approximate surface area is 268 Å². The third kappa shape index (κ3) is 7.01. The van der Waals surface area contributed by atoms with Crippen LogP contribution in [-0.4, -0.2) is 59.5 Å². The van der Waals surface area contributed by atoms with Gasteiger partial charge in [-0.05, 0) is 58.7 Å². The molecule has 0 aromatic heterocycles. The second kappa shape index (κ2) is 14.9. The average molecular weight is 633 g/mol. The number of carbonyl (C=O) groups is 1. The van der Waals surface area contributed by atoms with Gasteiger partial charge in [-0.2, -0.15) is 0 Å². The number of esters is 1. The van der Waals surface area contributed by atoms with Crippen molar-refractivity contribution in [1.29, 1.82) is 0 Å². The second-order valence-corrected chi connectivity index (χ2v) is 11.0. The van der Waals surface area contributed by atoms with Gasteiger partial charge in [-0.15, -0.1) is 0 Å². The first-order chi connectivity index (χ1) is 21.9. The summed E-state index contributed by atoms with van der Waals surface area (Å²) in [5.41, 5.74) is 2.45. The predicted molar refractivity (Wildman–Crippen MR) is 169 cm³/mol. The van der Waals surface area contributed by atoms with Gasteiger partial charge in [0.15, 0.2) is 12.4 Å². The van der Waals surface area contributed by atoms with Crippen molar-refractivity contribution in [2.45, 2.75) is 30.7 Å². The molecule has 0 radical (unpaired) electrons. The van der Waals surface area contributed by atoms with Crippen LogP contribution in [0.2, 0.25) is 5.02 Å². The summed E-state index contributed by atoms with van der Waals surface area (Å²) in [6.07, 6.45) is -2.56. The Hall–Kier alpha value is -3.92. The zero-order chi connectivity index (χ0) is 31.8. The van der Waals surface area contributed by atoms with E-state index in [0.717, 1.165) is 33.8 Å². The Morgan fingerprint density at radius 2 is 1.31 bits per heavy atom. The van der Waals surface area contributed by atoms with Gasteiger partial charge >= 0.3 is 5.97 Å². The largest absolute Gasteiger partial charge is 0.497 e. The van der Waals surface area contributed by atoms with Gasteiger partial charge in [0.25, 0.3) is 0 Å². The average Bonchev–Trinajstić information content (AvgIpc) is 3.46. The van der Waals surface area contributed by atoms with E-state index in [1.54, 1.807) is 26.4 Å². The molecule has 1 saturated heterocycles. The lowest BCUT2D eigenvalue weighted by molar-refractivity contribution is -0.174. The van der Waals surface area contributed by atoms with Crippen LogP contribution >= 0.6 is 11.6 Å². The molecule has 8 nitrogen and oxygen atoms in total. The molecule has 0 aliphatic carbocycles. The highest BCUT2D eigenvalue weighted by molar-refractivity contribution is 6.30. The predicted octanol–water partition coefficient (Wildman–Crippen LogP) is 6.41. The molecule has 4 aromatic rings. The maximum Gasteiger partial charge on any atom is 0.337 e. The zero-order valence-corrected chi connectivity index (χ0v) is 26.4. The SMILES string of the molecule is COC(=O)[C@H]1O[C@H](OC)[C@@H](COC(c2ccccc2)(c2ccc(OC)cc2)c2ccc(OC)cc2)[C@@H]1OCc1ccc(Cl)cc1. The summed E-state index contributed by atoms with van der Waals surface area (Å²) in [6.45, 7) is 0.316. The number of ether oxygens (including phenoxy) is 7. The molecule has 1 aliphatic rings. The Balaban J connectivity index is 1.57. The number of hydrogen-bond donors (Lipinski definition) is 0. The summed E-state index contributed by atoms with van der Waals surface area (Å²) in [5.74, 6) is 0.373. The molecule has 4 atom stereocenters. The van der Waals surface area contributed by atoms with E-state index < -0.39 is 36.0 Å². The molecule has 5 rings (SSSR count). The number of hydrogen-bond acceptors (Lipinski definition) is 8. The van der Waals surface area contributed by atoms with Crippen LogP contribution in [0.3, 0.4) is 0 Å². The van der Waals surface area contributed by atoms with Crippen molar-refractivity contribution in [2.75, 3.05) is 35.0 Å². The minimum atomic E-state index is -1.08. The maximum atomic E-state index is 12.9. The van der Waals surface area contributed by atoms with Gasteiger partial charge in [-0.3, -0.25) is 0 Å². The van der Waals surface area contributed by atoms with E-state index in [1.165, 1.54) is 14.2 Å². The van der Waals surface area contributed by atoms with E-state index in [-0.39, 0.29) is 13.2 Å². The molecule has 1 fully saturated rings. The summed E-state index contributed by atoms with van der Waals surface area (Å²) < 4.78 is 41.4. The molecule has 1 heterocycles. The van der Waals surface area contributed by atoms with Crippen LogP contribution in [-0.2, 0) is 40.7 Å². The van der Waals surface area contributed by atoms with Crippen molar-refractivity contribution in [3.63, 3.8) is 0 Å². The van der Waals surface area contributed by atoms with E-state index in [1.807, 2.05) is 91.0 Å². The van der Waals surface area contributed by atoms with Crippen molar-refractivity contribution >= 4 is 17.6 Å². The summed E-state index contributed by atoms with van der Waals surface area (Å²) in [7, 11) is 6.12. The van der Waals surface area contributed by atoms with Crippen LogP contribution in [0.4, 0.5) is 0 Å². The molecule has 0 saturated carbocycles. The van der Waals surface area contributed by atoms with Crippen molar-refractivity contribution < 1.29 is 38.0 Å². The number of rotatable bonds is 13. The van der Waals surface area contributed by atoms with E-state index >= 15 is 0 Å². The van der Waals surface area contributed by atoms with E-state index in [9.17, 15) is 4.79 Å². The highest BCUT2D eigenvalue weighted by atomic mass is 35.5. The molecule has 1 aliphatic heterocycles. The molecule has 0 unspecified atom stereocenters. The van der Waals surface area contributed by atoms with Crippen LogP contribution in [0.15, 0.2) is 103 Å². The van der Waals surface area contributed by atoms with Gasteiger partial charge < -0.3 is 33.2 Å². The van der Waals surface area contributed by atoms with Crippen LogP contribution in [0, 0.1) is 5.92 Å². The standard InChI is InChI=1S/C36H37ClO8/c1-39-29-18-12-26(13-19-29)36(25-8-6-5-7-9-25,27-14-20-30(40-2)21-15-27)44-23-31-32(33(34(38)41-3)45-35(31)42-4)43-22-24-10-16-28(37)17-11-24/h5-21,31-33,35H,22-23H2,1-4H3/t31-,32-,33-,35-/m0/s1. The summed E-state index contributed by atoms with van der Waals surface area (Å²) in [4.78, 5) is 12.9. The minimum Gasteiger partial charge on any atom is -0.497 e. The smallest absolute Gasteiger partial charge is 0.337 e. The van der Waals surface area contributed by atoms with Gasteiger partial charge in [-0.1, -0.05) is 78.3 Å². The fraction of sp³-hybridized carbons (Fsp3) is 0.306. The molecule has 0 spiro atoms. The molecule has 9 heteroatoms. The Bertz CT molecular complexity index is 1460. The topological polar surface area (TPSA) is 81.7 Å². The summed E-state index contributed by atoms with van der Waals surface area (Å²) in [6, 6.07) is 32.9. The maximum absolute atomic E-state index is 12.9. The van der Waals surface area contributed by atoms with Crippen molar-refractivity contribution in [3.05, 3.63) is 130 Å². The highest BCUT2D eigenvalue weighted by Crippen LogP contribution is 2.43. The van der Waals surface area contributed by atoms with Crippen molar-refractivity contribution in [3.8, 4) is 11.5 Å². The lowest BCUT2D eigenvalue weighted by Crippen LogP contribution is -2.41. The van der Waals surface area contributed by atoms with Crippen LogP contribution in [0.5, 0.6) is 11.5 Å². The molecule has 45 heavy (non-hydrogen) atoms. The van der Waals surface area contributed by atoms with Crippen LogP contribution in [0.25, 0.3) is 0 Å². The number of halogens is 1. The lowest BCUT2D eigenvalue weighted by Gasteiger charge is -2.38. The Morgan fingerprint density at radius 1 is 0.756 bits per heavy atom. The molecule has 4 aromatic carbocycles. The number of carbonyl (C=O) groups excluding carboxylic acids is 1. The molecular formula is C36H37ClO8. The zero-order valence-electron chi connectivity index (χ0n) is 25.7. The van der Waals surface area contributed by atoms with E-state index in [0.29, 0.717) is 5.02 Å². The van der Waals surface area contributed by atoms with Gasteiger partial charge in [-0.25, -0.2) is 4.79 Å². The number of methoxy groups -OCH3 is 4. The van der Waals surface area contributed by atoms with Gasteiger partial charge in [0, 0.05) is 12.1 Å². The first kappa shape index (κ1) is 32.5. The number of benzene rings is 4. The third-order valence-corrected chi connectivity index (χ3v) is 8.29. The van der Waals surface area contributed by atoms with Gasteiger partial charge in [0.2, 0.25) is 0 Å². The lowest BCUT2D eigenvalue weighted by atomic mass is 9.79. The molecule has 0 N–H and O–H groups in total. The minimum absolute atomic E-state index is 0.101. The fourth-order valence-corrected chi connectivity index (χ4v) is 5.82. The van der Waals surface area contributed by atoms with Crippen LogP contribution < -0.4 is 9.47 Å². The Morgan fingerprint density at radius 3 is 1.82 bits per heavy atom. The van der Waals surface area contributed by atoms with Crippen molar-refractivity contribution in [2.24, 2.45) is 5.92 Å². The van der Waals surface area contributed by atoms with Gasteiger partial charge in [0.1, 0.15) is 23.2 Å². The quantitative estimate of drug-likeness (QED) is 0.124. The van der Waals surface area contributed by atoms with Crippen molar-refractivity contribution in [1.82, 2.24) is 0 Å². The summed E-state index contributed by atoms with van der Waals surface area (Å²) >= 11 is 6.08. The third-order valence-electron chi connectivity index (χ3n) is 8.04. The first-order valence-electron chi connectivity index (χ1n) is 14.5. The molecule has 236 valence electrons. The monoisotopic (exact) mass is 632 g/mol. The highest BCUT2D eigenvalue weighted by Gasteiger charge is 2.51. The van der Waals surface area contributed by atoms with Gasteiger partial charge in [0.05, 0.1) is 40.5 Å². The normalized spacial score (nSPS) is 19.7. The molecule has 0 bridgehead atoms. The van der Waals surface area contributed by atoms with E-state index in [2.05, 4.69) is 0 Å². The summed E-state index contributed by atoms with van der Waals surface area (Å²) in [5, 5.41) is 0.621. The fourth-order valence-electron chi connectivity index (χ4n) is 5.69. The Kier molecular flexibility index (Phi) is 10.8. The van der Waals surface area contributed by atoms with E-state index in [4.69, 9.17) is 44.8 Å².